The van der Waals surface area contributed by atoms with Gasteiger partial charge in [0.05, 0.1) is 13.0 Å². The molecular formula is C11H11FO2. The standard InChI is InChI=1S/C11H11FO2/c1-14-11(13)9-6-8(9)7-4-2-3-5-10(7)12/h2-5,8-9H,6H2,1H3/t8-,9+/m1/s1. The van der Waals surface area contributed by atoms with E-state index in [4.69, 9.17) is 0 Å². The minimum atomic E-state index is -0.238. The van der Waals surface area contributed by atoms with Crippen molar-refractivity contribution in [2.45, 2.75) is 12.3 Å². The molecule has 0 radical (unpaired) electrons. The van der Waals surface area contributed by atoms with Gasteiger partial charge in [0.2, 0.25) is 0 Å². The Morgan fingerprint density at radius 2 is 2.21 bits per heavy atom. The molecule has 1 aromatic rings. The third kappa shape index (κ3) is 1.50. The lowest BCUT2D eigenvalue weighted by Gasteiger charge is -2.00. The summed E-state index contributed by atoms with van der Waals surface area (Å²) in [6.45, 7) is 0. The first-order valence-electron chi connectivity index (χ1n) is 4.56. The molecule has 0 saturated heterocycles. The Kier molecular flexibility index (Phi) is 2.23. The van der Waals surface area contributed by atoms with E-state index in [-0.39, 0.29) is 23.6 Å². The molecule has 1 aliphatic rings. The number of carbonyl (C=O) groups is 1. The van der Waals surface area contributed by atoms with Crippen molar-refractivity contribution in [3.05, 3.63) is 35.6 Å². The number of ether oxygens (including phenoxy) is 1. The zero-order valence-corrected chi connectivity index (χ0v) is 7.87. The molecule has 2 rings (SSSR count). The lowest BCUT2D eigenvalue weighted by molar-refractivity contribution is -0.142. The third-order valence-electron chi connectivity index (χ3n) is 2.60. The van der Waals surface area contributed by atoms with Crippen molar-refractivity contribution in [1.82, 2.24) is 0 Å². The largest absolute Gasteiger partial charge is 0.469 e. The van der Waals surface area contributed by atoms with Gasteiger partial charge in [0.15, 0.2) is 0 Å². The van der Waals surface area contributed by atoms with Gasteiger partial charge in [-0.1, -0.05) is 18.2 Å². The highest BCUT2D eigenvalue weighted by Crippen LogP contribution is 2.48. The summed E-state index contributed by atoms with van der Waals surface area (Å²) in [5.74, 6) is -0.595. The Morgan fingerprint density at radius 3 is 2.86 bits per heavy atom. The van der Waals surface area contributed by atoms with E-state index in [1.807, 2.05) is 0 Å². The number of hydrogen-bond donors (Lipinski definition) is 0. The third-order valence-corrected chi connectivity index (χ3v) is 2.60. The second-order valence-corrected chi connectivity index (χ2v) is 3.49. The minimum absolute atomic E-state index is 0.0173. The van der Waals surface area contributed by atoms with Gasteiger partial charge < -0.3 is 4.74 Å². The predicted octanol–water partition coefficient (Wildman–Crippen LogP) is 2.10. The molecule has 0 bridgehead atoms. The van der Waals surface area contributed by atoms with Crippen molar-refractivity contribution in [3.63, 3.8) is 0 Å². The van der Waals surface area contributed by atoms with Crippen LogP contribution in [0.5, 0.6) is 0 Å². The molecule has 0 amide bonds. The van der Waals surface area contributed by atoms with Gasteiger partial charge in [-0.2, -0.15) is 0 Å². The van der Waals surface area contributed by atoms with Crippen molar-refractivity contribution in [3.8, 4) is 0 Å². The smallest absolute Gasteiger partial charge is 0.309 e. The van der Waals surface area contributed by atoms with Gasteiger partial charge in [-0.05, 0) is 18.1 Å². The van der Waals surface area contributed by atoms with Crippen LogP contribution in [0, 0.1) is 11.7 Å². The normalized spacial score (nSPS) is 24.4. The van der Waals surface area contributed by atoms with E-state index in [0.29, 0.717) is 12.0 Å². The molecule has 14 heavy (non-hydrogen) atoms. The molecule has 2 nitrogen and oxygen atoms in total. The molecule has 0 unspecified atom stereocenters. The fourth-order valence-corrected chi connectivity index (χ4v) is 1.73. The first-order chi connectivity index (χ1) is 6.74. The first kappa shape index (κ1) is 9.19. The maximum Gasteiger partial charge on any atom is 0.309 e. The quantitative estimate of drug-likeness (QED) is 0.674. The van der Waals surface area contributed by atoms with E-state index in [9.17, 15) is 9.18 Å². The molecule has 1 fully saturated rings. The highest BCUT2D eigenvalue weighted by atomic mass is 19.1. The Hall–Kier alpha value is -1.38. The first-order valence-corrected chi connectivity index (χ1v) is 4.56. The second-order valence-electron chi connectivity index (χ2n) is 3.49. The summed E-state index contributed by atoms with van der Waals surface area (Å²) in [4.78, 5) is 11.1. The average Bonchev–Trinajstić information content (AvgIpc) is 2.97. The predicted molar refractivity (Wildman–Crippen MR) is 49.3 cm³/mol. The summed E-state index contributed by atoms with van der Waals surface area (Å²) in [6, 6.07) is 6.57. The molecule has 0 heterocycles. The Bertz CT molecular complexity index is 362. The van der Waals surface area contributed by atoms with Crippen molar-refractivity contribution in [1.29, 1.82) is 0 Å². The van der Waals surface area contributed by atoms with Gasteiger partial charge in [-0.3, -0.25) is 4.79 Å². The summed E-state index contributed by atoms with van der Waals surface area (Å²) < 4.78 is 17.9. The van der Waals surface area contributed by atoms with E-state index in [1.54, 1.807) is 18.2 Å². The minimum Gasteiger partial charge on any atom is -0.469 e. The molecule has 0 aliphatic heterocycles. The Labute approximate surface area is 81.7 Å². The van der Waals surface area contributed by atoms with Crippen LogP contribution in [0.3, 0.4) is 0 Å². The zero-order valence-electron chi connectivity index (χ0n) is 7.87. The number of benzene rings is 1. The van der Waals surface area contributed by atoms with Crippen molar-refractivity contribution in [2.75, 3.05) is 7.11 Å². The highest BCUT2D eigenvalue weighted by Gasteiger charge is 2.45. The number of esters is 1. The lowest BCUT2D eigenvalue weighted by Crippen LogP contribution is -2.04. The van der Waals surface area contributed by atoms with Crippen LogP contribution < -0.4 is 0 Å². The number of rotatable bonds is 2. The molecule has 0 spiro atoms. The molecule has 0 aromatic heterocycles. The summed E-state index contributed by atoms with van der Waals surface area (Å²) in [7, 11) is 1.36. The summed E-state index contributed by atoms with van der Waals surface area (Å²) in [5.41, 5.74) is 0.628. The molecule has 1 saturated carbocycles. The van der Waals surface area contributed by atoms with Gasteiger partial charge in [-0.25, -0.2) is 4.39 Å². The molecule has 1 aliphatic carbocycles. The maximum atomic E-state index is 13.3. The van der Waals surface area contributed by atoms with Crippen molar-refractivity contribution < 1.29 is 13.9 Å². The summed E-state index contributed by atoms with van der Waals surface area (Å²) in [6.07, 6.45) is 0.702. The van der Waals surface area contributed by atoms with E-state index in [1.165, 1.54) is 13.2 Å². The fraction of sp³-hybridized carbons (Fsp3) is 0.364. The van der Waals surface area contributed by atoms with Crippen LogP contribution in [-0.4, -0.2) is 13.1 Å². The molecular weight excluding hydrogens is 183 g/mol. The number of methoxy groups -OCH3 is 1. The highest BCUT2D eigenvalue weighted by molar-refractivity contribution is 5.77. The van der Waals surface area contributed by atoms with E-state index in [2.05, 4.69) is 4.74 Å². The lowest BCUT2D eigenvalue weighted by atomic mass is 10.1. The van der Waals surface area contributed by atoms with Gasteiger partial charge in [0, 0.05) is 5.92 Å². The average molecular weight is 194 g/mol. The maximum absolute atomic E-state index is 13.3. The topological polar surface area (TPSA) is 26.3 Å². The van der Waals surface area contributed by atoms with Crippen LogP contribution in [0.25, 0.3) is 0 Å². The molecule has 2 atom stereocenters. The molecule has 1 aromatic carbocycles. The molecule has 3 heteroatoms. The molecule has 74 valence electrons. The number of halogens is 1. The zero-order chi connectivity index (χ0) is 10.1. The van der Waals surface area contributed by atoms with Gasteiger partial charge in [0.1, 0.15) is 5.82 Å². The Balaban J connectivity index is 2.13. The monoisotopic (exact) mass is 194 g/mol. The van der Waals surface area contributed by atoms with Gasteiger partial charge >= 0.3 is 5.97 Å². The van der Waals surface area contributed by atoms with Gasteiger partial charge in [0.25, 0.3) is 0 Å². The molecule has 0 N–H and O–H groups in total. The number of carbonyl (C=O) groups excluding carboxylic acids is 1. The second kappa shape index (κ2) is 3.40. The fourth-order valence-electron chi connectivity index (χ4n) is 1.73. The van der Waals surface area contributed by atoms with Crippen molar-refractivity contribution >= 4 is 5.97 Å². The van der Waals surface area contributed by atoms with Crippen LogP contribution in [0.2, 0.25) is 0 Å². The van der Waals surface area contributed by atoms with Crippen LogP contribution in [0.4, 0.5) is 4.39 Å². The van der Waals surface area contributed by atoms with Crippen LogP contribution in [0.1, 0.15) is 17.9 Å². The Morgan fingerprint density at radius 1 is 1.50 bits per heavy atom. The summed E-state index contributed by atoms with van der Waals surface area (Å²) >= 11 is 0. The van der Waals surface area contributed by atoms with Crippen molar-refractivity contribution in [2.24, 2.45) is 5.92 Å². The SMILES string of the molecule is COC(=O)[C@H]1C[C@@H]1c1ccccc1F. The van der Waals surface area contributed by atoms with Crippen LogP contribution in [0.15, 0.2) is 24.3 Å². The van der Waals surface area contributed by atoms with E-state index in [0.717, 1.165) is 0 Å². The number of hydrogen-bond acceptors (Lipinski definition) is 2. The van der Waals surface area contributed by atoms with E-state index >= 15 is 0 Å². The van der Waals surface area contributed by atoms with Crippen LogP contribution >= 0.6 is 0 Å². The van der Waals surface area contributed by atoms with Crippen LogP contribution in [-0.2, 0) is 9.53 Å². The summed E-state index contributed by atoms with van der Waals surface area (Å²) in [5, 5.41) is 0. The van der Waals surface area contributed by atoms with Gasteiger partial charge in [-0.15, -0.1) is 0 Å². The van der Waals surface area contributed by atoms with E-state index < -0.39 is 0 Å².